The Bertz CT molecular complexity index is 145. The third-order valence-electron chi connectivity index (χ3n) is 0.930. The van der Waals surface area contributed by atoms with Gasteiger partial charge in [-0.15, -0.1) is 0 Å². The zero-order valence-corrected chi connectivity index (χ0v) is 6.71. The number of halogens is 1. The lowest BCUT2D eigenvalue weighted by molar-refractivity contribution is 0.978. The third kappa shape index (κ3) is 1.21. The summed E-state index contributed by atoms with van der Waals surface area (Å²) in [6.07, 6.45) is 1.84. The Balaban J connectivity index is 2.77. The molecule has 44 valence electrons. The van der Waals surface area contributed by atoms with Gasteiger partial charge in [0.2, 0.25) is 0 Å². The van der Waals surface area contributed by atoms with Gasteiger partial charge in [-0.25, -0.2) is 0 Å². The molecular formula is C5H7IN2. The Kier molecular flexibility index (Phi) is 1.88. The molecule has 2 nitrogen and oxygen atoms in total. The highest BCUT2D eigenvalue weighted by atomic mass is 127. The Morgan fingerprint density at radius 3 is 2.88 bits per heavy atom. The van der Waals surface area contributed by atoms with Crippen LogP contribution in [0, 0.1) is 0 Å². The largest absolute Gasteiger partial charge is 0.285 e. The molecule has 8 heavy (non-hydrogen) atoms. The number of hydrogen-bond donors (Lipinski definition) is 1. The van der Waals surface area contributed by atoms with E-state index in [4.69, 9.17) is 0 Å². The second-order valence-electron chi connectivity index (χ2n) is 1.62. The zero-order chi connectivity index (χ0) is 5.98. The average molecular weight is 222 g/mol. The van der Waals surface area contributed by atoms with E-state index in [0.29, 0.717) is 3.92 Å². The monoisotopic (exact) mass is 222 g/mol. The van der Waals surface area contributed by atoms with Crippen molar-refractivity contribution in [2.75, 3.05) is 0 Å². The standard InChI is InChI=1S/C5H7IN2/c1-4(6)5-2-3-7-8-5/h2-4H,1H3,(H,7,8). The molecule has 0 saturated carbocycles. The summed E-state index contributed by atoms with van der Waals surface area (Å²) in [5.41, 5.74) is 1.12. The fourth-order valence-corrected chi connectivity index (χ4v) is 0.840. The van der Waals surface area contributed by atoms with Crippen LogP contribution in [0.2, 0.25) is 0 Å². The molecule has 1 rings (SSSR count). The van der Waals surface area contributed by atoms with Crippen LogP contribution in [-0.4, -0.2) is 10.2 Å². The van der Waals surface area contributed by atoms with Crippen molar-refractivity contribution in [1.82, 2.24) is 10.2 Å². The number of nitrogens with one attached hydrogen (secondary N) is 1. The number of alkyl halides is 1. The van der Waals surface area contributed by atoms with E-state index < -0.39 is 0 Å². The van der Waals surface area contributed by atoms with Crippen LogP contribution >= 0.6 is 22.6 Å². The van der Waals surface area contributed by atoms with E-state index in [1.54, 1.807) is 0 Å². The molecule has 0 amide bonds. The smallest absolute Gasteiger partial charge is 0.0747 e. The van der Waals surface area contributed by atoms with Crippen molar-refractivity contribution >= 4 is 22.6 Å². The minimum atomic E-state index is 0.513. The predicted octanol–water partition coefficient (Wildman–Crippen LogP) is 1.91. The molecule has 0 saturated heterocycles. The van der Waals surface area contributed by atoms with Crippen LogP contribution in [0.25, 0.3) is 0 Å². The van der Waals surface area contributed by atoms with E-state index in [0.717, 1.165) is 5.69 Å². The Hall–Kier alpha value is -0.0600. The lowest BCUT2D eigenvalue weighted by Crippen LogP contribution is -1.81. The third-order valence-corrected chi connectivity index (χ3v) is 1.57. The molecule has 1 aromatic heterocycles. The van der Waals surface area contributed by atoms with E-state index in [1.165, 1.54) is 0 Å². The fraction of sp³-hybridized carbons (Fsp3) is 0.400. The van der Waals surface area contributed by atoms with Crippen molar-refractivity contribution in [3.05, 3.63) is 18.0 Å². The maximum atomic E-state index is 3.98. The van der Waals surface area contributed by atoms with Gasteiger partial charge in [0.25, 0.3) is 0 Å². The minimum absolute atomic E-state index is 0.513. The topological polar surface area (TPSA) is 28.7 Å². The van der Waals surface area contributed by atoms with Crippen LogP contribution < -0.4 is 0 Å². The van der Waals surface area contributed by atoms with Gasteiger partial charge >= 0.3 is 0 Å². The Labute approximate surface area is 61.8 Å². The van der Waals surface area contributed by atoms with Gasteiger partial charge in [0.1, 0.15) is 0 Å². The molecule has 0 aromatic carbocycles. The number of nitrogens with zero attached hydrogens (tertiary/aromatic N) is 1. The summed E-state index contributed by atoms with van der Waals surface area (Å²) in [6.45, 7) is 2.11. The fourth-order valence-electron chi connectivity index (χ4n) is 0.493. The number of hydrogen-bond acceptors (Lipinski definition) is 1. The number of aromatic nitrogens is 2. The summed E-state index contributed by atoms with van der Waals surface area (Å²) in [6, 6.07) is 1.98. The zero-order valence-electron chi connectivity index (χ0n) is 4.56. The molecule has 1 N–H and O–H groups in total. The van der Waals surface area contributed by atoms with Gasteiger partial charge in [-0.2, -0.15) is 5.10 Å². The molecule has 0 spiro atoms. The first-order chi connectivity index (χ1) is 3.80. The molecule has 0 bridgehead atoms. The van der Waals surface area contributed by atoms with Crippen LogP contribution in [0.5, 0.6) is 0 Å². The highest BCUT2D eigenvalue weighted by Gasteiger charge is 1.99. The molecule has 1 aromatic rings. The normalized spacial score (nSPS) is 13.8. The molecule has 0 radical (unpaired) electrons. The van der Waals surface area contributed by atoms with E-state index in [1.807, 2.05) is 12.3 Å². The first kappa shape index (κ1) is 6.07. The van der Waals surface area contributed by atoms with E-state index in [-0.39, 0.29) is 0 Å². The Morgan fingerprint density at radius 1 is 1.88 bits per heavy atom. The summed E-state index contributed by atoms with van der Waals surface area (Å²) in [5.74, 6) is 0. The van der Waals surface area contributed by atoms with Crippen LogP contribution in [0.3, 0.4) is 0 Å². The summed E-state index contributed by atoms with van der Waals surface area (Å²) in [4.78, 5) is 0. The second kappa shape index (κ2) is 2.48. The van der Waals surface area contributed by atoms with Gasteiger partial charge < -0.3 is 0 Å². The summed E-state index contributed by atoms with van der Waals surface area (Å²) >= 11 is 2.32. The van der Waals surface area contributed by atoms with Crippen molar-refractivity contribution in [2.24, 2.45) is 0 Å². The molecular weight excluding hydrogens is 215 g/mol. The lowest BCUT2D eigenvalue weighted by atomic mass is 10.3. The SMILES string of the molecule is CC(I)c1cc[nH]n1. The second-order valence-corrected chi connectivity index (χ2v) is 3.48. The number of aromatic amines is 1. The summed E-state index contributed by atoms with van der Waals surface area (Å²) < 4.78 is 0.513. The average Bonchev–Trinajstić information content (AvgIpc) is 2.12. The Morgan fingerprint density at radius 2 is 2.62 bits per heavy atom. The van der Waals surface area contributed by atoms with Gasteiger partial charge in [0.15, 0.2) is 0 Å². The molecule has 0 aliphatic heterocycles. The maximum Gasteiger partial charge on any atom is 0.0747 e. The summed E-state index contributed by atoms with van der Waals surface area (Å²) in [7, 11) is 0. The van der Waals surface area contributed by atoms with Crippen molar-refractivity contribution in [2.45, 2.75) is 10.8 Å². The quantitative estimate of drug-likeness (QED) is 0.570. The first-order valence-corrected chi connectivity index (χ1v) is 3.69. The van der Waals surface area contributed by atoms with Gasteiger partial charge in [-0.3, -0.25) is 5.10 Å². The van der Waals surface area contributed by atoms with Crippen LogP contribution in [0.4, 0.5) is 0 Å². The van der Waals surface area contributed by atoms with Crippen LogP contribution in [0.15, 0.2) is 12.3 Å². The summed E-state index contributed by atoms with van der Waals surface area (Å²) in [5, 5.41) is 6.74. The molecule has 1 unspecified atom stereocenters. The van der Waals surface area contributed by atoms with Gasteiger partial charge in [-0.05, 0) is 13.0 Å². The van der Waals surface area contributed by atoms with Gasteiger partial charge in [-0.1, -0.05) is 22.6 Å². The molecule has 1 heterocycles. The van der Waals surface area contributed by atoms with Crippen LogP contribution in [-0.2, 0) is 0 Å². The van der Waals surface area contributed by atoms with Crippen molar-refractivity contribution in [3.8, 4) is 0 Å². The van der Waals surface area contributed by atoms with Crippen molar-refractivity contribution < 1.29 is 0 Å². The predicted molar refractivity (Wildman–Crippen MR) is 41.0 cm³/mol. The molecule has 1 atom stereocenters. The molecule has 0 aliphatic carbocycles. The molecule has 3 heteroatoms. The lowest BCUT2D eigenvalue weighted by Gasteiger charge is -1.91. The number of rotatable bonds is 1. The molecule has 0 aliphatic rings. The minimum Gasteiger partial charge on any atom is -0.285 e. The van der Waals surface area contributed by atoms with Gasteiger partial charge in [0, 0.05) is 6.20 Å². The van der Waals surface area contributed by atoms with Crippen molar-refractivity contribution in [3.63, 3.8) is 0 Å². The highest BCUT2D eigenvalue weighted by molar-refractivity contribution is 14.1. The van der Waals surface area contributed by atoms with Gasteiger partial charge in [0.05, 0.1) is 9.62 Å². The van der Waals surface area contributed by atoms with E-state index in [9.17, 15) is 0 Å². The van der Waals surface area contributed by atoms with E-state index in [2.05, 4.69) is 39.7 Å². The van der Waals surface area contributed by atoms with E-state index >= 15 is 0 Å². The number of H-pyrrole nitrogens is 1. The molecule has 0 fully saturated rings. The first-order valence-electron chi connectivity index (χ1n) is 2.44. The highest BCUT2D eigenvalue weighted by Crippen LogP contribution is 2.18. The van der Waals surface area contributed by atoms with Crippen molar-refractivity contribution in [1.29, 1.82) is 0 Å². The maximum absolute atomic E-state index is 3.98. The van der Waals surface area contributed by atoms with Crippen LogP contribution in [0.1, 0.15) is 16.5 Å².